The normalized spacial score (nSPS) is 12.7. The van der Waals surface area contributed by atoms with Crippen molar-refractivity contribution in [1.82, 2.24) is 9.78 Å². The number of hydrogen-bond acceptors (Lipinski definition) is 7. The van der Waals surface area contributed by atoms with Crippen LogP contribution in [0.2, 0.25) is 0 Å². The molecule has 0 saturated heterocycles. The van der Waals surface area contributed by atoms with E-state index >= 15 is 0 Å². The number of aromatic amines is 1. The highest BCUT2D eigenvalue weighted by Gasteiger charge is 2.16. The maximum Gasteiger partial charge on any atom is 0.299 e. The summed E-state index contributed by atoms with van der Waals surface area (Å²) < 4.78 is 38.2. The van der Waals surface area contributed by atoms with E-state index in [1.165, 1.54) is 36.1 Å². The molecular weight excluding hydrogens is 472 g/mol. The first-order chi connectivity index (χ1) is 16.7. The van der Waals surface area contributed by atoms with Crippen LogP contribution >= 0.6 is 0 Å². The Morgan fingerprint density at radius 2 is 1.66 bits per heavy atom. The monoisotopic (exact) mass is 494 g/mol. The van der Waals surface area contributed by atoms with Crippen molar-refractivity contribution in [2.75, 3.05) is 7.11 Å². The summed E-state index contributed by atoms with van der Waals surface area (Å²) in [5.74, 6) is 0.371. The van der Waals surface area contributed by atoms with Crippen molar-refractivity contribution in [2.45, 2.75) is 17.9 Å². The fourth-order valence-corrected chi connectivity index (χ4v) is 3.96. The summed E-state index contributed by atoms with van der Waals surface area (Å²) in [5.41, 5.74) is 2.05. The van der Waals surface area contributed by atoms with E-state index in [2.05, 4.69) is 15.3 Å². The number of H-pyrrole nitrogens is 1. The zero-order valence-electron chi connectivity index (χ0n) is 18.8. The van der Waals surface area contributed by atoms with Crippen LogP contribution in [0.5, 0.6) is 5.75 Å². The minimum atomic E-state index is -4.34. The first-order valence-electron chi connectivity index (χ1n) is 10.4. The van der Waals surface area contributed by atoms with Crippen LogP contribution in [0.1, 0.15) is 22.9 Å². The van der Waals surface area contributed by atoms with Gasteiger partial charge in [-0.15, -0.1) is 10.2 Å². The highest BCUT2D eigenvalue weighted by molar-refractivity contribution is 7.85. The maximum absolute atomic E-state index is 12.9. The summed E-state index contributed by atoms with van der Waals surface area (Å²) in [5, 5.41) is 21.8. The molecule has 3 aromatic carbocycles. The van der Waals surface area contributed by atoms with Gasteiger partial charge in [0, 0.05) is 0 Å². The minimum Gasteiger partial charge on any atom is -0.494 e. The van der Waals surface area contributed by atoms with Gasteiger partial charge in [0.1, 0.15) is 17.5 Å². The molecule has 0 aliphatic rings. The molecule has 0 fully saturated rings. The number of aliphatic hydroxyl groups is 1. The molecule has 10 nitrogen and oxygen atoms in total. The number of azo groups is 1. The van der Waals surface area contributed by atoms with Crippen LogP contribution < -0.4 is 10.3 Å². The average Bonchev–Trinajstić information content (AvgIpc) is 3.15. The highest BCUT2D eigenvalue weighted by Crippen LogP contribution is 2.33. The van der Waals surface area contributed by atoms with Crippen molar-refractivity contribution >= 4 is 21.5 Å². The number of aryl methyl sites for hydroxylation is 1. The number of methoxy groups -OCH3 is 1. The molecule has 0 aliphatic carbocycles. The number of hydrogen-bond donors (Lipinski definition) is 3. The topological polar surface area (TPSA) is 146 Å². The molecule has 1 atom stereocenters. The van der Waals surface area contributed by atoms with E-state index in [0.717, 1.165) is 5.56 Å². The molecular formula is C24H22N4O6S. The molecule has 1 aromatic heterocycles. The quantitative estimate of drug-likeness (QED) is 0.259. The third-order valence-corrected chi connectivity index (χ3v) is 6.19. The second kappa shape index (κ2) is 9.66. The number of nitrogens with zero attached hydrogens (tertiary/aromatic N) is 3. The Hall–Kier alpha value is -4.06. The van der Waals surface area contributed by atoms with Gasteiger partial charge in [0.25, 0.3) is 15.7 Å². The van der Waals surface area contributed by atoms with E-state index < -0.39 is 21.8 Å². The Bertz CT molecular complexity index is 1540. The molecule has 0 spiro atoms. The molecule has 4 rings (SSSR count). The average molecular weight is 495 g/mol. The molecule has 11 heteroatoms. The van der Waals surface area contributed by atoms with Crippen LogP contribution in [0.4, 0.5) is 11.4 Å². The van der Waals surface area contributed by atoms with Gasteiger partial charge in [-0.25, -0.2) is 4.68 Å². The maximum atomic E-state index is 12.9. The van der Waals surface area contributed by atoms with Crippen LogP contribution in [0.15, 0.2) is 92.7 Å². The van der Waals surface area contributed by atoms with Gasteiger partial charge >= 0.3 is 0 Å². The lowest BCUT2D eigenvalue weighted by Crippen LogP contribution is -2.14. The SMILES string of the molecule is COc1cc(C(O)c2ccccc2)ccc1N=Nc1c(C)[nH]n(-c2ccc(S(=O)(=O)O)cc2)c1=O. The van der Waals surface area contributed by atoms with E-state index in [4.69, 9.17) is 9.29 Å². The number of ether oxygens (including phenoxy) is 1. The molecule has 4 aromatic rings. The van der Waals surface area contributed by atoms with Gasteiger partial charge in [-0.3, -0.25) is 14.4 Å². The summed E-state index contributed by atoms with van der Waals surface area (Å²) in [7, 11) is -2.87. The van der Waals surface area contributed by atoms with Crippen molar-refractivity contribution < 1.29 is 22.8 Å². The lowest BCUT2D eigenvalue weighted by molar-refractivity contribution is 0.220. The number of benzene rings is 3. The fourth-order valence-electron chi connectivity index (χ4n) is 3.48. The molecule has 0 bridgehead atoms. The van der Waals surface area contributed by atoms with Gasteiger partial charge in [0.2, 0.25) is 0 Å². The number of nitrogens with one attached hydrogen (secondary N) is 1. The third-order valence-electron chi connectivity index (χ3n) is 5.33. The molecule has 1 heterocycles. The second-order valence-corrected chi connectivity index (χ2v) is 9.06. The predicted octanol–water partition coefficient (Wildman–Crippen LogP) is 4.23. The first kappa shape index (κ1) is 24.1. The zero-order valence-corrected chi connectivity index (χ0v) is 19.6. The van der Waals surface area contributed by atoms with E-state index in [9.17, 15) is 18.3 Å². The van der Waals surface area contributed by atoms with Crippen LogP contribution in [-0.2, 0) is 10.1 Å². The summed E-state index contributed by atoms with van der Waals surface area (Å²) in [6.45, 7) is 1.65. The van der Waals surface area contributed by atoms with Crippen molar-refractivity contribution in [3.63, 3.8) is 0 Å². The van der Waals surface area contributed by atoms with Crippen molar-refractivity contribution in [2.24, 2.45) is 10.2 Å². The summed E-state index contributed by atoms with van der Waals surface area (Å²) in [6, 6.07) is 19.3. The largest absolute Gasteiger partial charge is 0.494 e. The van der Waals surface area contributed by atoms with Gasteiger partial charge < -0.3 is 9.84 Å². The highest BCUT2D eigenvalue weighted by atomic mass is 32.2. The first-order valence-corrected chi connectivity index (χ1v) is 11.9. The van der Waals surface area contributed by atoms with Gasteiger partial charge in [0.15, 0.2) is 5.69 Å². The van der Waals surface area contributed by atoms with Crippen molar-refractivity contribution in [1.29, 1.82) is 0 Å². The van der Waals surface area contributed by atoms with Crippen molar-refractivity contribution in [3.8, 4) is 11.4 Å². The van der Waals surface area contributed by atoms with E-state index in [1.807, 2.05) is 30.3 Å². The van der Waals surface area contributed by atoms with Crippen LogP contribution in [0.3, 0.4) is 0 Å². The van der Waals surface area contributed by atoms with Gasteiger partial charge in [-0.05, 0) is 54.4 Å². The predicted molar refractivity (Wildman–Crippen MR) is 129 cm³/mol. The van der Waals surface area contributed by atoms with E-state index in [1.54, 1.807) is 25.1 Å². The Morgan fingerprint density at radius 3 is 2.29 bits per heavy atom. The second-order valence-electron chi connectivity index (χ2n) is 7.64. The number of aromatic nitrogens is 2. The molecule has 35 heavy (non-hydrogen) atoms. The van der Waals surface area contributed by atoms with Crippen LogP contribution in [0, 0.1) is 6.92 Å². The van der Waals surface area contributed by atoms with E-state index in [0.29, 0.717) is 28.4 Å². The molecule has 0 amide bonds. The molecule has 3 N–H and O–H groups in total. The lowest BCUT2D eigenvalue weighted by Gasteiger charge is -2.13. The summed E-state index contributed by atoms with van der Waals surface area (Å²) in [6.07, 6.45) is -0.845. The lowest BCUT2D eigenvalue weighted by atomic mass is 10.0. The number of aliphatic hydroxyl groups excluding tert-OH is 1. The van der Waals surface area contributed by atoms with Crippen molar-refractivity contribution in [3.05, 3.63) is 100.0 Å². The summed E-state index contributed by atoms with van der Waals surface area (Å²) in [4.78, 5) is 12.6. The fraction of sp³-hybridized carbons (Fsp3) is 0.125. The van der Waals surface area contributed by atoms with Gasteiger partial charge in [-0.1, -0.05) is 36.4 Å². The van der Waals surface area contributed by atoms with Gasteiger partial charge in [-0.2, -0.15) is 8.42 Å². The molecule has 1 unspecified atom stereocenters. The molecule has 0 radical (unpaired) electrons. The Balaban J connectivity index is 1.63. The van der Waals surface area contributed by atoms with Gasteiger partial charge in [0.05, 0.1) is 23.4 Å². The third kappa shape index (κ3) is 5.06. The summed E-state index contributed by atoms with van der Waals surface area (Å²) >= 11 is 0. The Morgan fingerprint density at radius 1 is 0.971 bits per heavy atom. The standard InChI is InChI=1S/C24H22N4O6S/c1-15-22(24(30)28(27-15)18-9-11-19(12-10-18)35(31,32)33)26-25-20-13-8-17(14-21(20)34-2)23(29)16-6-4-3-5-7-16/h3-14,23,27,29H,1-2H3,(H,31,32,33). The molecule has 0 saturated carbocycles. The Labute approximate surface area is 200 Å². The van der Waals surface area contributed by atoms with Crippen LogP contribution in [-0.4, -0.2) is 35.0 Å². The smallest absolute Gasteiger partial charge is 0.299 e. The zero-order chi connectivity index (χ0) is 25.2. The van der Waals surface area contributed by atoms with Crippen LogP contribution in [0.25, 0.3) is 5.69 Å². The number of rotatable bonds is 7. The molecule has 180 valence electrons. The Kier molecular flexibility index (Phi) is 6.65. The minimum absolute atomic E-state index is 0.0549. The van der Waals surface area contributed by atoms with E-state index in [-0.39, 0.29) is 10.6 Å². The molecule has 0 aliphatic heterocycles.